The molecule has 97 heavy (non-hydrogen) atoms. The molecule has 0 aliphatic heterocycles. The topological polar surface area (TPSA) is 266 Å². The Balaban J connectivity index is 5.50. The van der Waals surface area contributed by atoms with E-state index in [0.717, 1.165) is 148 Å². The molecule has 0 aromatic heterocycles. The van der Waals surface area contributed by atoms with Gasteiger partial charge in [-0.25, -0.2) is 0 Å². The first-order valence-corrected chi connectivity index (χ1v) is 38.3. The van der Waals surface area contributed by atoms with Gasteiger partial charge in [0.25, 0.3) is 0 Å². The highest BCUT2D eigenvalue weighted by Gasteiger charge is 2.34. The highest BCUT2D eigenvalue weighted by atomic mass is 16.5. The van der Waals surface area contributed by atoms with Crippen LogP contribution in [0.3, 0.4) is 0 Å². The highest BCUT2D eigenvalue weighted by molar-refractivity contribution is 5.87. The van der Waals surface area contributed by atoms with E-state index in [1.807, 2.05) is 6.08 Å². The first-order valence-electron chi connectivity index (χ1n) is 38.3. The van der Waals surface area contributed by atoms with Crippen molar-refractivity contribution in [1.82, 2.24) is 37.2 Å². The number of hydrogen-bond donors (Lipinski definition) is 7. The van der Waals surface area contributed by atoms with Crippen molar-refractivity contribution in [1.29, 1.82) is 0 Å². The van der Waals surface area contributed by atoms with Gasteiger partial charge in [0.15, 0.2) is 0 Å². The number of ketones is 2. The van der Waals surface area contributed by atoms with Gasteiger partial charge in [-0.3, -0.25) is 43.2 Å². The van der Waals surface area contributed by atoms with E-state index in [4.69, 9.17) is 14.2 Å². The summed E-state index contributed by atoms with van der Waals surface area (Å²) in [6.07, 6.45) is 33.7. The maximum absolute atomic E-state index is 13.9. The van der Waals surface area contributed by atoms with E-state index in [-0.39, 0.29) is 134 Å². The summed E-state index contributed by atoms with van der Waals surface area (Å²) in [7, 11) is 0. The highest BCUT2D eigenvalue weighted by Crippen LogP contribution is 2.25. The second-order valence-electron chi connectivity index (χ2n) is 32.1. The number of ether oxygens (including phenoxy) is 3. The maximum Gasteiger partial charge on any atom is 0.243 e. The summed E-state index contributed by atoms with van der Waals surface area (Å²) in [5.41, 5.74) is -0.519. The van der Waals surface area contributed by atoms with E-state index >= 15 is 0 Å². The van der Waals surface area contributed by atoms with Crippen molar-refractivity contribution in [3.63, 3.8) is 0 Å². The van der Waals surface area contributed by atoms with Crippen LogP contribution in [0, 0.1) is 21.7 Å². The van der Waals surface area contributed by atoms with Gasteiger partial charge in [0.05, 0.1) is 39.6 Å². The normalized spacial score (nSPS) is 12.2. The van der Waals surface area contributed by atoms with Crippen molar-refractivity contribution >= 4 is 52.9 Å². The van der Waals surface area contributed by atoms with E-state index in [9.17, 15) is 43.2 Å². The van der Waals surface area contributed by atoms with Crippen molar-refractivity contribution in [3.8, 4) is 0 Å². The average Bonchev–Trinajstić information content (AvgIpc) is 0.878. The molecule has 0 bridgehead atoms. The number of Topliss-reactive ketones (excluding diaryl/α,β-unsaturated/α-hetero) is 2. The number of carbonyl (C=O) groups is 9. The van der Waals surface area contributed by atoms with Gasteiger partial charge in [0.2, 0.25) is 41.4 Å². The van der Waals surface area contributed by atoms with Crippen LogP contribution in [0.4, 0.5) is 0 Å². The Morgan fingerprint density at radius 1 is 0.278 bits per heavy atom. The molecule has 0 atom stereocenters. The monoisotopic (exact) mass is 1370 g/mol. The Morgan fingerprint density at radius 3 is 0.887 bits per heavy atom. The fourth-order valence-electron chi connectivity index (χ4n) is 10.8. The van der Waals surface area contributed by atoms with Gasteiger partial charge >= 0.3 is 0 Å². The summed E-state index contributed by atoms with van der Waals surface area (Å²) in [4.78, 5) is 114. The molecule has 0 aromatic rings. The molecule has 7 N–H and O–H groups in total. The minimum Gasteiger partial charge on any atom is -0.378 e. The van der Waals surface area contributed by atoms with Crippen LogP contribution < -0.4 is 37.2 Å². The lowest BCUT2D eigenvalue weighted by Crippen LogP contribution is -2.58. The molecule has 0 aliphatic carbocycles. The number of rotatable bonds is 63. The summed E-state index contributed by atoms with van der Waals surface area (Å²) in [6, 6.07) is 0. The molecule has 0 rings (SSSR count). The summed E-state index contributed by atoms with van der Waals surface area (Å²) < 4.78 is 18.5. The molecular weight excluding hydrogens is 1230 g/mol. The average molecular weight is 1370 g/mol. The number of hydrogen-bond acceptors (Lipinski definition) is 12. The van der Waals surface area contributed by atoms with Crippen molar-refractivity contribution in [3.05, 3.63) is 12.2 Å². The van der Waals surface area contributed by atoms with Crippen LogP contribution in [0.5, 0.6) is 0 Å². The summed E-state index contributed by atoms with van der Waals surface area (Å²) in [5, 5.41) is 20.7. The molecule has 0 saturated heterocycles. The fourth-order valence-corrected chi connectivity index (χ4v) is 10.8. The number of carbonyl (C=O) groups excluding carboxylic acids is 9. The third kappa shape index (κ3) is 66.9. The maximum atomic E-state index is 13.9. The van der Waals surface area contributed by atoms with Crippen LogP contribution >= 0.6 is 0 Å². The molecule has 0 radical (unpaired) electrons. The third-order valence-corrected chi connectivity index (χ3v) is 16.7. The van der Waals surface area contributed by atoms with Crippen LogP contribution in [0.15, 0.2) is 12.2 Å². The van der Waals surface area contributed by atoms with Gasteiger partial charge < -0.3 is 51.4 Å². The van der Waals surface area contributed by atoms with Gasteiger partial charge in [-0.15, -0.1) is 0 Å². The van der Waals surface area contributed by atoms with E-state index in [1.165, 1.54) is 0 Å². The first-order chi connectivity index (χ1) is 45.9. The number of amides is 7. The van der Waals surface area contributed by atoms with Crippen LogP contribution in [0.1, 0.15) is 327 Å². The molecular formula is C78H145N7O12. The second kappa shape index (κ2) is 56.9. The second-order valence-corrected chi connectivity index (χ2v) is 32.1. The van der Waals surface area contributed by atoms with Crippen molar-refractivity contribution in [2.75, 3.05) is 78.9 Å². The Morgan fingerprint density at radius 2 is 0.536 bits per heavy atom. The minimum atomic E-state index is -1.25. The van der Waals surface area contributed by atoms with Crippen LogP contribution in [0.25, 0.3) is 0 Å². The summed E-state index contributed by atoms with van der Waals surface area (Å²) >= 11 is 0. The first kappa shape index (κ1) is 92.2. The SMILES string of the molecule is CC(C)(C)/C=C/C(=O)NCCCCCCCCCC(=O)CCCCCCCCCCC(=O)NC(COCCC(=O)NCCCCC(=O)CCCCC(C)(C)C)(COCCC(=O)NCCCNC(=O)CCCCC(C)(C)C)COCCC(=O)NCCCNC(=O)CCCCC(C)(C)C. The van der Waals surface area contributed by atoms with Crippen LogP contribution in [0.2, 0.25) is 0 Å². The predicted molar refractivity (Wildman–Crippen MR) is 394 cm³/mol. The summed E-state index contributed by atoms with van der Waals surface area (Å²) in [6.45, 7) is 28.6. The molecule has 0 saturated carbocycles. The number of unbranched alkanes of at least 4 members (excludes halogenated alkanes) is 17. The standard InChI is InChI=1S/C78H145N7O12/c1-74(2,3)49-31-27-40-66(87)41-30-35-54-80-70(91)46-59-95-62-78(63-96-60-47-71(92)83-57-36-55-81-67(88)42-28-32-50-75(4,5)6,64-97-61-48-72(93)84-58-37-56-82-68(89)43-29-33-51-76(7,8)9)85-73(94)44-26-22-18-14-13-16-20-24-38-65(86)39-25-21-17-15-19-23-34-53-79-69(90)45-52-77(10,11)12/h45,52H,13-44,46-51,53-64H2,1-12H3,(H,79,90)(H,80,91)(H,81,88)(H,82,89)(H,83,92)(H,84,93)(H,85,94)/b52-45+. The van der Waals surface area contributed by atoms with Crippen LogP contribution in [-0.4, -0.2) is 137 Å². The predicted octanol–water partition coefficient (Wildman–Crippen LogP) is 14.3. The van der Waals surface area contributed by atoms with Gasteiger partial charge in [-0.1, -0.05) is 179 Å². The molecule has 0 fully saturated rings. The fraction of sp³-hybridized carbons (Fsp3) is 0.859. The van der Waals surface area contributed by atoms with Crippen LogP contribution in [-0.2, 0) is 57.4 Å². The largest absolute Gasteiger partial charge is 0.378 e. The molecule has 0 aliphatic rings. The Hall–Kier alpha value is -4.75. The zero-order valence-corrected chi connectivity index (χ0v) is 63.9. The molecule has 0 spiro atoms. The number of allylic oxidation sites excluding steroid dienone is 1. The van der Waals surface area contributed by atoms with Gasteiger partial charge in [0, 0.05) is 103 Å². The summed E-state index contributed by atoms with van der Waals surface area (Å²) in [5.74, 6) is -0.284. The van der Waals surface area contributed by atoms with E-state index < -0.39 is 5.54 Å². The molecule has 19 nitrogen and oxygen atoms in total. The quantitative estimate of drug-likeness (QED) is 0.0221. The van der Waals surface area contributed by atoms with Crippen molar-refractivity contribution in [2.45, 2.75) is 333 Å². The molecule has 0 heterocycles. The molecule has 0 aromatic carbocycles. The van der Waals surface area contributed by atoms with Gasteiger partial charge in [-0.2, -0.15) is 0 Å². The molecule has 0 unspecified atom stereocenters. The Bertz CT molecular complexity index is 2000. The van der Waals surface area contributed by atoms with E-state index in [2.05, 4.69) is 120 Å². The van der Waals surface area contributed by atoms with Gasteiger partial charge in [-0.05, 0) is 118 Å². The Kier molecular flexibility index (Phi) is 54.2. The zero-order chi connectivity index (χ0) is 72.5. The molecule has 7 amide bonds. The third-order valence-electron chi connectivity index (χ3n) is 16.7. The number of nitrogens with one attached hydrogen (secondary N) is 7. The van der Waals surface area contributed by atoms with Crippen molar-refractivity contribution < 1.29 is 57.4 Å². The van der Waals surface area contributed by atoms with E-state index in [0.29, 0.717) is 116 Å². The zero-order valence-electron chi connectivity index (χ0n) is 63.9. The van der Waals surface area contributed by atoms with Gasteiger partial charge in [0.1, 0.15) is 17.1 Å². The lowest BCUT2D eigenvalue weighted by molar-refractivity contribution is -0.130. The molecule has 19 heteroatoms. The lowest BCUT2D eigenvalue weighted by Gasteiger charge is -2.34. The smallest absolute Gasteiger partial charge is 0.243 e. The van der Waals surface area contributed by atoms with E-state index in [1.54, 1.807) is 6.08 Å². The minimum absolute atomic E-state index is 0.00787. The lowest BCUT2D eigenvalue weighted by atomic mass is 9.89. The Labute approximate surface area is 590 Å². The molecule has 564 valence electrons. The van der Waals surface area contributed by atoms with Crippen molar-refractivity contribution in [2.24, 2.45) is 21.7 Å².